The van der Waals surface area contributed by atoms with Crippen molar-refractivity contribution in [1.29, 1.82) is 0 Å². The highest BCUT2D eigenvalue weighted by atomic mass is 35.5. The van der Waals surface area contributed by atoms with Crippen molar-refractivity contribution in [3.63, 3.8) is 0 Å². The average Bonchev–Trinajstić information content (AvgIpc) is 3.42. The third-order valence-electron chi connectivity index (χ3n) is 4.01. The number of carbonyl (C=O) groups excluding carboxylic acids is 2. The lowest BCUT2D eigenvalue weighted by atomic mass is 10.2. The molecule has 0 fully saturated rings. The van der Waals surface area contributed by atoms with Crippen LogP contribution >= 0.6 is 11.6 Å². The van der Waals surface area contributed by atoms with E-state index in [0.717, 1.165) is 5.56 Å². The first-order valence-electron chi connectivity index (χ1n) is 8.85. The minimum absolute atomic E-state index is 0.0996. The van der Waals surface area contributed by atoms with Crippen LogP contribution in [0.25, 0.3) is 11.4 Å². The molecule has 2 amide bonds. The standard InChI is InChI=1S/C20H15ClN6O3/c21-14-5-3-13(4-6-14)19-24-26-27(25-19)12-18(28)22-15-7-9-16(10-8-15)23-20(29)17-2-1-11-30-17/h1-11H,12H2,(H,22,28)(H,23,29). The van der Waals surface area contributed by atoms with Gasteiger partial charge in [-0.25, -0.2) is 0 Å². The molecule has 2 aromatic heterocycles. The summed E-state index contributed by atoms with van der Waals surface area (Å²) in [5.74, 6) is -0.0604. The smallest absolute Gasteiger partial charge is 0.291 e. The summed E-state index contributed by atoms with van der Waals surface area (Å²) < 4.78 is 5.04. The van der Waals surface area contributed by atoms with Crippen LogP contribution in [0.4, 0.5) is 11.4 Å². The number of aromatic nitrogens is 4. The Morgan fingerprint density at radius 3 is 2.33 bits per heavy atom. The van der Waals surface area contributed by atoms with Gasteiger partial charge in [0.15, 0.2) is 5.76 Å². The van der Waals surface area contributed by atoms with Crippen LogP contribution < -0.4 is 10.6 Å². The molecular weight excluding hydrogens is 408 g/mol. The fourth-order valence-electron chi connectivity index (χ4n) is 2.59. The summed E-state index contributed by atoms with van der Waals surface area (Å²) >= 11 is 5.87. The Kier molecular flexibility index (Phi) is 5.53. The van der Waals surface area contributed by atoms with E-state index in [9.17, 15) is 9.59 Å². The third kappa shape index (κ3) is 4.70. The highest BCUT2D eigenvalue weighted by Crippen LogP contribution is 2.17. The van der Waals surface area contributed by atoms with Gasteiger partial charge in [-0.1, -0.05) is 11.6 Å². The number of rotatable bonds is 6. The molecule has 0 bridgehead atoms. The Bertz CT molecular complexity index is 1150. The van der Waals surface area contributed by atoms with Crippen LogP contribution in [0.3, 0.4) is 0 Å². The second-order valence-corrected chi connectivity index (χ2v) is 6.64. The van der Waals surface area contributed by atoms with Crippen LogP contribution in [0, 0.1) is 0 Å². The predicted molar refractivity (Wildman–Crippen MR) is 110 cm³/mol. The maximum absolute atomic E-state index is 12.3. The Labute approximate surface area is 175 Å². The number of nitrogens with one attached hydrogen (secondary N) is 2. The molecule has 0 aliphatic carbocycles. The van der Waals surface area contributed by atoms with Gasteiger partial charge in [0, 0.05) is 22.0 Å². The number of tetrazole rings is 1. The van der Waals surface area contributed by atoms with Crippen LogP contribution in [0.1, 0.15) is 10.6 Å². The van der Waals surface area contributed by atoms with Crippen molar-refractivity contribution >= 4 is 34.8 Å². The van der Waals surface area contributed by atoms with E-state index in [1.165, 1.54) is 11.1 Å². The maximum atomic E-state index is 12.3. The van der Waals surface area contributed by atoms with Crippen LogP contribution in [-0.2, 0) is 11.3 Å². The molecule has 0 radical (unpaired) electrons. The molecule has 9 nitrogen and oxygen atoms in total. The van der Waals surface area contributed by atoms with Gasteiger partial charge in [-0.05, 0) is 65.9 Å². The third-order valence-corrected chi connectivity index (χ3v) is 4.26. The summed E-state index contributed by atoms with van der Waals surface area (Å²) in [7, 11) is 0. The molecule has 10 heteroatoms. The number of nitrogens with zero attached hydrogens (tertiary/aromatic N) is 4. The van der Waals surface area contributed by atoms with Gasteiger partial charge < -0.3 is 15.1 Å². The lowest BCUT2D eigenvalue weighted by Gasteiger charge is -2.07. The molecule has 2 heterocycles. The van der Waals surface area contributed by atoms with Gasteiger partial charge in [-0.3, -0.25) is 9.59 Å². The zero-order valence-corrected chi connectivity index (χ0v) is 16.2. The van der Waals surface area contributed by atoms with Gasteiger partial charge in [0.1, 0.15) is 6.54 Å². The van der Waals surface area contributed by atoms with E-state index < -0.39 is 0 Å². The quantitative estimate of drug-likeness (QED) is 0.491. The van der Waals surface area contributed by atoms with E-state index in [4.69, 9.17) is 16.0 Å². The summed E-state index contributed by atoms with van der Waals surface area (Å²) in [5.41, 5.74) is 1.88. The summed E-state index contributed by atoms with van der Waals surface area (Å²) in [6, 6.07) is 16.9. The minimum Gasteiger partial charge on any atom is -0.459 e. The van der Waals surface area contributed by atoms with Crippen molar-refractivity contribution in [3.05, 3.63) is 77.7 Å². The van der Waals surface area contributed by atoms with Crippen molar-refractivity contribution in [2.24, 2.45) is 0 Å². The molecule has 30 heavy (non-hydrogen) atoms. The second-order valence-electron chi connectivity index (χ2n) is 6.21. The summed E-state index contributed by atoms with van der Waals surface area (Å²) in [5, 5.41) is 18.1. The van der Waals surface area contributed by atoms with Crippen molar-refractivity contribution in [2.45, 2.75) is 6.54 Å². The van der Waals surface area contributed by atoms with Gasteiger partial charge in [0.25, 0.3) is 5.91 Å². The molecule has 4 aromatic rings. The lowest BCUT2D eigenvalue weighted by molar-refractivity contribution is -0.117. The van der Waals surface area contributed by atoms with Crippen LogP contribution in [0.2, 0.25) is 5.02 Å². The highest BCUT2D eigenvalue weighted by Gasteiger charge is 2.11. The molecule has 2 N–H and O–H groups in total. The largest absolute Gasteiger partial charge is 0.459 e. The van der Waals surface area contributed by atoms with E-state index in [0.29, 0.717) is 22.2 Å². The number of amides is 2. The SMILES string of the molecule is O=C(Cn1nnc(-c2ccc(Cl)cc2)n1)Nc1ccc(NC(=O)c2ccco2)cc1. The van der Waals surface area contributed by atoms with Crippen molar-refractivity contribution in [2.75, 3.05) is 10.6 Å². The maximum Gasteiger partial charge on any atom is 0.291 e. The molecular formula is C20H15ClN6O3. The zero-order chi connectivity index (χ0) is 20.9. The van der Waals surface area contributed by atoms with Gasteiger partial charge in [-0.15, -0.1) is 10.2 Å². The first kappa shape index (κ1) is 19.3. The Hall–Kier alpha value is -3.98. The van der Waals surface area contributed by atoms with Crippen molar-refractivity contribution in [3.8, 4) is 11.4 Å². The molecule has 2 aromatic carbocycles. The van der Waals surface area contributed by atoms with Gasteiger partial charge in [-0.2, -0.15) is 4.80 Å². The first-order valence-corrected chi connectivity index (χ1v) is 9.23. The normalized spacial score (nSPS) is 10.6. The van der Waals surface area contributed by atoms with E-state index in [2.05, 4.69) is 26.0 Å². The molecule has 0 aliphatic rings. The Balaban J connectivity index is 1.33. The van der Waals surface area contributed by atoms with E-state index in [-0.39, 0.29) is 24.1 Å². The Morgan fingerprint density at radius 2 is 1.67 bits per heavy atom. The molecule has 0 atom stereocenters. The van der Waals surface area contributed by atoms with E-state index in [1.807, 2.05) is 0 Å². The zero-order valence-electron chi connectivity index (χ0n) is 15.4. The van der Waals surface area contributed by atoms with Gasteiger partial charge in [0.05, 0.1) is 6.26 Å². The van der Waals surface area contributed by atoms with E-state index >= 15 is 0 Å². The van der Waals surface area contributed by atoms with Crippen LogP contribution in [0.15, 0.2) is 71.3 Å². The number of hydrogen-bond acceptors (Lipinski definition) is 6. The fourth-order valence-corrected chi connectivity index (χ4v) is 2.72. The van der Waals surface area contributed by atoms with Crippen LogP contribution in [-0.4, -0.2) is 32.0 Å². The fraction of sp³-hybridized carbons (Fsp3) is 0.0500. The summed E-state index contributed by atoms with van der Waals surface area (Å²) in [6.45, 7) is -0.0996. The number of halogens is 1. The van der Waals surface area contributed by atoms with Gasteiger partial charge >= 0.3 is 0 Å². The lowest BCUT2D eigenvalue weighted by Crippen LogP contribution is -2.20. The molecule has 0 saturated carbocycles. The molecule has 150 valence electrons. The number of anilines is 2. The van der Waals surface area contributed by atoms with Gasteiger partial charge in [0.2, 0.25) is 11.7 Å². The number of carbonyl (C=O) groups is 2. The summed E-state index contributed by atoms with van der Waals surface area (Å²) in [4.78, 5) is 25.4. The number of benzene rings is 2. The summed E-state index contributed by atoms with van der Waals surface area (Å²) in [6.07, 6.45) is 1.43. The van der Waals surface area contributed by atoms with E-state index in [1.54, 1.807) is 60.7 Å². The Morgan fingerprint density at radius 1 is 0.967 bits per heavy atom. The molecule has 0 spiro atoms. The van der Waals surface area contributed by atoms with Crippen molar-refractivity contribution < 1.29 is 14.0 Å². The topological polar surface area (TPSA) is 115 Å². The molecule has 4 rings (SSSR count). The minimum atomic E-state index is -0.356. The highest BCUT2D eigenvalue weighted by molar-refractivity contribution is 6.30. The second kappa shape index (κ2) is 8.58. The number of furan rings is 1. The monoisotopic (exact) mass is 422 g/mol. The predicted octanol–water partition coefficient (Wildman–Crippen LogP) is 3.48. The number of hydrogen-bond donors (Lipinski definition) is 2. The molecule has 0 unspecified atom stereocenters. The molecule has 0 saturated heterocycles. The average molecular weight is 423 g/mol. The molecule has 0 aliphatic heterocycles. The first-order chi connectivity index (χ1) is 14.6. The van der Waals surface area contributed by atoms with Crippen molar-refractivity contribution in [1.82, 2.24) is 20.2 Å². The van der Waals surface area contributed by atoms with Crippen LogP contribution in [0.5, 0.6) is 0 Å².